The summed E-state index contributed by atoms with van der Waals surface area (Å²) in [6.45, 7) is 3.90. The van der Waals surface area contributed by atoms with Crippen LogP contribution in [0.4, 0.5) is 0 Å². The van der Waals surface area contributed by atoms with Crippen LogP contribution in [0.3, 0.4) is 0 Å². The van der Waals surface area contributed by atoms with Crippen molar-refractivity contribution in [1.29, 1.82) is 0 Å². The van der Waals surface area contributed by atoms with Gasteiger partial charge in [0.15, 0.2) is 5.60 Å². The maximum absolute atomic E-state index is 10.6. The topological polar surface area (TPSA) is 66.8 Å². The Morgan fingerprint density at radius 2 is 2.15 bits per heavy atom. The minimum Gasteiger partial charge on any atom is -0.479 e. The summed E-state index contributed by atoms with van der Waals surface area (Å²) in [5.74, 6) is -1.31. The Balaban J connectivity index is 2.38. The molecule has 0 spiro atoms. The number of hydrogen-bond acceptors (Lipinski definition) is 3. The molecule has 1 unspecified atom stereocenters. The van der Waals surface area contributed by atoms with Crippen LogP contribution in [0.2, 0.25) is 0 Å². The van der Waals surface area contributed by atoms with Gasteiger partial charge in [0.1, 0.15) is 0 Å². The Kier molecular flexibility index (Phi) is 2.93. The number of ether oxygens (including phenoxy) is 1. The lowest BCUT2D eigenvalue weighted by molar-refractivity contribution is -0.174. The van der Waals surface area contributed by atoms with Gasteiger partial charge in [-0.1, -0.05) is 0 Å². The van der Waals surface area contributed by atoms with E-state index >= 15 is 0 Å². The number of carboxylic acids is 1. The van der Waals surface area contributed by atoms with Crippen LogP contribution in [0.1, 0.15) is 26.7 Å². The third kappa shape index (κ3) is 2.00. The van der Waals surface area contributed by atoms with Gasteiger partial charge in [-0.3, -0.25) is 0 Å². The zero-order chi connectivity index (χ0) is 10.1. The molecule has 13 heavy (non-hydrogen) atoms. The Hall–Kier alpha value is -0.610. The minimum atomic E-state index is -1.59. The Morgan fingerprint density at radius 3 is 2.54 bits per heavy atom. The van der Waals surface area contributed by atoms with Crippen LogP contribution in [0, 0.1) is 5.92 Å². The highest BCUT2D eigenvalue weighted by atomic mass is 16.5. The molecule has 0 aromatic heterocycles. The second-order valence-electron chi connectivity index (χ2n) is 3.70. The van der Waals surface area contributed by atoms with E-state index in [-0.39, 0.29) is 12.0 Å². The summed E-state index contributed by atoms with van der Waals surface area (Å²) < 4.78 is 5.28. The van der Waals surface area contributed by atoms with E-state index < -0.39 is 11.6 Å². The summed E-state index contributed by atoms with van der Waals surface area (Å²) in [5, 5.41) is 18.2. The van der Waals surface area contributed by atoms with E-state index in [1.54, 1.807) is 0 Å². The second kappa shape index (κ2) is 3.64. The smallest absolute Gasteiger partial charge is 0.335 e. The van der Waals surface area contributed by atoms with Crippen molar-refractivity contribution >= 4 is 5.97 Å². The van der Waals surface area contributed by atoms with Crippen LogP contribution in [0.15, 0.2) is 0 Å². The van der Waals surface area contributed by atoms with Gasteiger partial charge in [-0.05, 0) is 26.7 Å². The van der Waals surface area contributed by atoms with Gasteiger partial charge in [-0.2, -0.15) is 0 Å². The highest BCUT2D eigenvalue weighted by Gasteiger charge is 2.46. The van der Waals surface area contributed by atoms with E-state index in [1.807, 2.05) is 6.92 Å². The number of aliphatic hydroxyl groups is 1. The Labute approximate surface area is 77.5 Å². The van der Waals surface area contributed by atoms with E-state index in [0.717, 1.165) is 0 Å². The van der Waals surface area contributed by atoms with Crippen molar-refractivity contribution in [2.75, 3.05) is 6.61 Å². The summed E-state index contributed by atoms with van der Waals surface area (Å²) in [6, 6.07) is 0. The third-order valence-electron chi connectivity index (χ3n) is 2.73. The normalized spacial score (nSPS) is 31.9. The summed E-state index contributed by atoms with van der Waals surface area (Å²) in [6.07, 6.45) is 1.43. The van der Waals surface area contributed by atoms with Crippen molar-refractivity contribution in [3.8, 4) is 0 Å². The maximum atomic E-state index is 10.6. The zero-order valence-electron chi connectivity index (χ0n) is 7.99. The van der Waals surface area contributed by atoms with E-state index in [1.165, 1.54) is 6.92 Å². The van der Waals surface area contributed by atoms with E-state index in [9.17, 15) is 9.90 Å². The maximum Gasteiger partial charge on any atom is 0.335 e. The minimum absolute atomic E-state index is 0.140. The lowest BCUT2D eigenvalue weighted by Crippen LogP contribution is -2.51. The molecular formula is C9H16O4. The molecule has 0 aromatic rings. The molecule has 1 aliphatic carbocycles. The molecule has 1 saturated carbocycles. The largest absolute Gasteiger partial charge is 0.479 e. The molecule has 4 heteroatoms. The highest BCUT2D eigenvalue weighted by molar-refractivity contribution is 5.77. The summed E-state index contributed by atoms with van der Waals surface area (Å²) in [7, 11) is 0. The van der Waals surface area contributed by atoms with E-state index in [0.29, 0.717) is 19.4 Å². The molecule has 0 heterocycles. The van der Waals surface area contributed by atoms with Gasteiger partial charge >= 0.3 is 5.97 Å². The number of hydrogen-bond donors (Lipinski definition) is 2. The molecule has 0 aliphatic heterocycles. The first-order valence-corrected chi connectivity index (χ1v) is 4.55. The van der Waals surface area contributed by atoms with Crippen molar-refractivity contribution in [3.05, 3.63) is 0 Å². The molecule has 76 valence electrons. The Bertz CT molecular complexity index is 194. The molecular weight excluding hydrogens is 172 g/mol. The lowest BCUT2D eigenvalue weighted by Gasteiger charge is -2.41. The standard InChI is InChI=1S/C9H16O4/c1-3-13-7-4-6(5-7)9(2,12)8(10)11/h6-7,12H,3-5H2,1-2H3,(H,10,11). The van der Waals surface area contributed by atoms with Gasteiger partial charge in [-0.15, -0.1) is 0 Å². The number of carboxylic acid groups (broad SMARTS) is 1. The van der Waals surface area contributed by atoms with Crippen LogP contribution in [0.25, 0.3) is 0 Å². The van der Waals surface area contributed by atoms with Gasteiger partial charge in [0.05, 0.1) is 6.10 Å². The van der Waals surface area contributed by atoms with Crippen LogP contribution >= 0.6 is 0 Å². The lowest BCUT2D eigenvalue weighted by atomic mass is 9.72. The quantitative estimate of drug-likeness (QED) is 0.679. The molecule has 0 amide bonds. The molecule has 1 aliphatic rings. The molecule has 1 atom stereocenters. The zero-order valence-corrected chi connectivity index (χ0v) is 7.99. The van der Waals surface area contributed by atoms with Gasteiger partial charge in [0, 0.05) is 12.5 Å². The first kappa shape index (κ1) is 10.5. The van der Waals surface area contributed by atoms with E-state index in [4.69, 9.17) is 9.84 Å². The van der Waals surface area contributed by atoms with Gasteiger partial charge < -0.3 is 14.9 Å². The molecule has 1 fully saturated rings. The van der Waals surface area contributed by atoms with Crippen molar-refractivity contribution in [1.82, 2.24) is 0 Å². The van der Waals surface area contributed by atoms with Gasteiger partial charge in [0.25, 0.3) is 0 Å². The molecule has 0 bridgehead atoms. The third-order valence-corrected chi connectivity index (χ3v) is 2.73. The predicted molar refractivity (Wildman–Crippen MR) is 46.4 cm³/mol. The van der Waals surface area contributed by atoms with Crippen molar-refractivity contribution in [2.45, 2.75) is 38.4 Å². The summed E-state index contributed by atoms with van der Waals surface area (Å²) >= 11 is 0. The van der Waals surface area contributed by atoms with Gasteiger partial charge in [-0.25, -0.2) is 4.79 Å². The van der Waals surface area contributed by atoms with Crippen LogP contribution in [-0.2, 0) is 9.53 Å². The number of carbonyl (C=O) groups is 1. The highest BCUT2D eigenvalue weighted by Crippen LogP contribution is 2.38. The van der Waals surface area contributed by atoms with Gasteiger partial charge in [0.2, 0.25) is 0 Å². The summed E-state index contributed by atoms with van der Waals surface area (Å²) in [4.78, 5) is 10.6. The first-order chi connectivity index (χ1) is 5.98. The van der Waals surface area contributed by atoms with Crippen LogP contribution in [0.5, 0.6) is 0 Å². The SMILES string of the molecule is CCOC1CC(C(C)(O)C(=O)O)C1. The van der Waals surface area contributed by atoms with Crippen molar-refractivity contribution in [2.24, 2.45) is 5.92 Å². The predicted octanol–water partition coefficient (Wildman–Crippen LogP) is 0.637. The average Bonchev–Trinajstić information content (AvgIpc) is 1.95. The second-order valence-corrected chi connectivity index (χ2v) is 3.70. The molecule has 0 saturated heterocycles. The monoisotopic (exact) mass is 188 g/mol. The summed E-state index contributed by atoms with van der Waals surface area (Å²) in [5.41, 5.74) is -1.59. The van der Waals surface area contributed by atoms with E-state index in [2.05, 4.69) is 0 Å². The fourth-order valence-electron chi connectivity index (χ4n) is 1.57. The number of rotatable bonds is 4. The fourth-order valence-corrected chi connectivity index (χ4v) is 1.57. The molecule has 0 radical (unpaired) electrons. The van der Waals surface area contributed by atoms with Crippen molar-refractivity contribution < 1.29 is 19.7 Å². The fraction of sp³-hybridized carbons (Fsp3) is 0.889. The molecule has 0 aromatic carbocycles. The average molecular weight is 188 g/mol. The molecule has 4 nitrogen and oxygen atoms in total. The van der Waals surface area contributed by atoms with Crippen LogP contribution < -0.4 is 0 Å². The van der Waals surface area contributed by atoms with Crippen LogP contribution in [-0.4, -0.2) is 34.5 Å². The Morgan fingerprint density at radius 1 is 1.62 bits per heavy atom. The van der Waals surface area contributed by atoms with Crippen molar-refractivity contribution in [3.63, 3.8) is 0 Å². The molecule has 1 rings (SSSR count). The first-order valence-electron chi connectivity index (χ1n) is 4.55. The number of aliphatic carboxylic acids is 1. The molecule has 2 N–H and O–H groups in total.